The van der Waals surface area contributed by atoms with Gasteiger partial charge in [-0.15, -0.1) is 11.3 Å². The first-order valence-corrected chi connectivity index (χ1v) is 3.89. The summed E-state index contributed by atoms with van der Waals surface area (Å²) in [6.45, 7) is 3.51. The highest BCUT2D eigenvalue weighted by Crippen LogP contribution is 2.18. The smallest absolute Gasteiger partial charge is 0.221 e. The van der Waals surface area contributed by atoms with E-state index in [4.69, 9.17) is 0 Å². The predicted molar refractivity (Wildman–Crippen MR) is 43.4 cm³/mol. The van der Waals surface area contributed by atoms with Crippen molar-refractivity contribution in [2.24, 2.45) is 0 Å². The van der Waals surface area contributed by atoms with Gasteiger partial charge in [0.25, 0.3) is 0 Å². The Labute approximate surface area is 63.9 Å². The SMILES string of the molecule is CC(=O)Nc1cc(C)cs1. The van der Waals surface area contributed by atoms with Crippen LogP contribution in [0.4, 0.5) is 5.00 Å². The Morgan fingerprint density at radius 2 is 2.40 bits per heavy atom. The second kappa shape index (κ2) is 2.84. The van der Waals surface area contributed by atoms with Crippen molar-refractivity contribution in [1.29, 1.82) is 0 Å². The molecule has 0 radical (unpaired) electrons. The number of nitrogens with one attached hydrogen (secondary N) is 1. The number of anilines is 1. The topological polar surface area (TPSA) is 29.1 Å². The lowest BCUT2D eigenvalue weighted by molar-refractivity contribution is -0.114. The third-order valence-electron chi connectivity index (χ3n) is 1.03. The molecule has 1 amide bonds. The summed E-state index contributed by atoms with van der Waals surface area (Å²) in [5.74, 6) is -0.0122. The summed E-state index contributed by atoms with van der Waals surface area (Å²) < 4.78 is 0. The van der Waals surface area contributed by atoms with Crippen LogP contribution in [-0.2, 0) is 4.79 Å². The molecule has 1 heterocycles. The zero-order chi connectivity index (χ0) is 7.56. The number of thiophene rings is 1. The largest absolute Gasteiger partial charge is 0.318 e. The van der Waals surface area contributed by atoms with E-state index >= 15 is 0 Å². The molecule has 1 N–H and O–H groups in total. The van der Waals surface area contributed by atoms with Crippen LogP contribution < -0.4 is 5.32 Å². The Balaban J connectivity index is 2.67. The van der Waals surface area contributed by atoms with E-state index in [1.807, 2.05) is 18.4 Å². The summed E-state index contributed by atoms with van der Waals surface area (Å²) in [5.41, 5.74) is 1.19. The van der Waals surface area contributed by atoms with Crippen molar-refractivity contribution >= 4 is 22.2 Å². The molecule has 3 heteroatoms. The van der Waals surface area contributed by atoms with Gasteiger partial charge in [-0.3, -0.25) is 4.79 Å². The maximum atomic E-state index is 10.5. The monoisotopic (exact) mass is 155 g/mol. The molecule has 0 atom stereocenters. The molecule has 1 aromatic heterocycles. The quantitative estimate of drug-likeness (QED) is 0.660. The van der Waals surface area contributed by atoms with Gasteiger partial charge in [-0.25, -0.2) is 0 Å². The van der Waals surface area contributed by atoms with E-state index in [1.54, 1.807) is 11.3 Å². The standard InChI is InChI=1S/C7H9NOS/c1-5-3-7(10-4-5)8-6(2)9/h3-4H,1-2H3,(H,8,9). The minimum absolute atomic E-state index is 0.0122. The molecule has 2 nitrogen and oxygen atoms in total. The molecule has 1 rings (SSSR count). The first kappa shape index (κ1) is 7.28. The second-order valence-corrected chi connectivity index (χ2v) is 3.08. The summed E-state index contributed by atoms with van der Waals surface area (Å²) in [4.78, 5) is 10.5. The van der Waals surface area contributed by atoms with Crippen LogP contribution in [0.25, 0.3) is 0 Å². The molecule has 10 heavy (non-hydrogen) atoms. The number of carbonyl (C=O) groups excluding carboxylic acids is 1. The summed E-state index contributed by atoms with van der Waals surface area (Å²) in [5, 5.41) is 5.63. The first-order valence-electron chi connectivity index (χ1n) is 3.01. The Morgan fingerprint density at radius 3 is 2.80 bits per heavy atom. The van der Waals surface area contributed by atoms with Crippen LogP contribution in [0.2, 0.25) is 0 Å². The van der Waals surface area contributed by atoms with Crippen molar-refractivity contribution in [3.63, 3.8) is 0 Å². The van der Waals surface area contributed by atoms with Crippen LogP contribution in [0.3, 0.4) is 0 Å². The van der Waals surface area contributed by atoms with E-state index < -0.39 is 0 Å². The highest BCUT2D eigenvalue weighted by atomic mass is 32.1. The van der Waals surface area contributed by atoms with Gasteiger partial charge < -0.3 is 5.32 Å². The van der Waals surface area contributed by atoms with Crippen molar-refractivity contribution in [2.45, 2.75) is 13.8 Å². The van der Waals surface area contributed by atoms with Crippen LogP contribution in [0.15, 0.2) is 11.4 Å². The summed E-state index contributed by atoms with van der Waals surface area (Å²) in [6.07, 6.45) is 0. The van der Waals surface area contributed by atoms with Gasteiger partial charge in [-0.05, 0) is 23.9 Å². The Morgan fingerprint density at radius 1 is 1.70 bits per heavy atom. The van der Waals surface area contributed by atoms with Crippen molar-refractivity contribution in [3.8, 4) is 0 Å². The van der Waals surface area contributed by atoms with Crippen LogP contribution >= 0.6 is 11.3 Å². The van der Waals surface area contributed by atoms with E-state index in [0.717, 1.165) is 5.00 Å². The molecule has 0 aliphatic heterocycles. The molecular weight excluding hydrogens is 146 g/mol. The first-order chi connectivity index (χ1) is 4.68. The Hall–Kier alpha value is -0.830. The fraction of sp³-hybridized carbons (Fsp3) is 0.286. The van der Waals surface area contributed by atoms with Crippen LogP contribution in [0, 0.1) is 6.92 Å². The second-order valence-electron chi connectivity index (χ2n) is 2.17. The summed E-state index contributed by atoms with van der Waals surface area (Å²) in [6, 6.07) is 1.95. The molecule has 54 valence electrons. The van der Waals surface area contributed by atoms with E-state index in [0.29, 0.717) is 0 Å². The maximum absolute atomic E-state index is 10.5. The van der Waals surface area contributed by atoms with Gasteiger partial charge in [0.2, 0.25) is 5.91 Å². The molecule has 0 aliphatic rings. The lowest BCUT2D eigenvalue weighted by Gasteiger charge is -1.92. The normalized spacial score (nSPS) is 9.40. The predicted octanol–water partition coefficient (Wildman–Crippen LogP) is 2.01. The number of carbonyl (C=O) groups is 1. The van der Waals surface area contributed by atoms with Crippen molar-refractivity contribution in [1.82, 2.24) is 0 Å². The Kier molecular flexibility index (Phi) is 2.06. The minimum Gasteiger partial charge on any atom is -0.318 e. The maximum Gasteiger partial charge on any atom is 0.221 e. The van der Waals surface area contributed by atoms with Crippen molar-refractivity contribution in [3.05, 3.63) is 17.0 Å². The number of aryl methyl sites for hydroxylation is 1. The van der Waals surface area contributed by atoms with Gasteiger partial charge in [0.05, 0.1) is 5.00 Å². The van der Waals surface area contributed by atoms with Crippen LogP contribution in [-0.4, -0.2) is 5.91 Å². The molecule has 0 spiro atoms. The number of amides is 1. The fourth-order valence-corrected chi connectivity index (χ4v) is 1.51. The summed E-state index contributed by atoms with van der Waals surface area (Å²) in [7, 11) is 0. The molecule has 0 bridgehead atoms. The van der Waals surface area contributed by atoms with Gasteiger partial charge >= 0.3 is 0 Å². The van der Waals surface area contributed by atoms with Crippen molar-refractivity contribution in [2.75, 3.05) is 5.32 Å². The molecular formula is C7H9NOS. The minimum atomic E-state index is -0.0122. The Bertz CT molecular complexity index is 242. The van der Waals surface area contributed by atoms with Crippen molar-refractivity contribution < 1.29 is 4.79 Å². The van der Waals surface area contributed by atoms with Gasteiger partial charge in [0, 0.05) is 6.92 Å². The molecule has 0 fully saturated rings. The van der Waals surface area contributed by atoms with Gasteiger partial charge in [-0.1, -0.05) is 0 Å². The highest BCUT2D eigenvalue weighted by molar-refractivity contribution is 7.14. The number of rotatable bonds is 1. The third kappa shape index (κ3) is 1.84. The molecule has 1 aromatic rings. The van der Waals surface area contributed by atoms with E-state index in [2.05, 4.69) is 5.32 Å². The number of hydrogen-bond donors (Lipinski definition) is 1. The number of hydrogen-bond acceptors (Lipinski definition) is 2. The van der Waals surface area contributed by atoms with Crippen LogP contribution in [0.5, 0.6) is 0 Å². The molecule has 0 saturated carbocycles. The highest BCUT2D eigenvalue weighted by Gasteiger charge is 1.96. The summed E-state index contributed by atoms with van der Waals surface area (Å²) >= 11 is 1.55. The van der Waals surface area contributed by atoms with Gasteiger partial charge in [0.1, 0.15) is 0 Å². The average Bonchev–Trinajstić information content (AvgIpc) is 2.13. The zero-order valence-corrected chi connectivity index (χ0v) is 6.79. The lowest BCUT2D eigenvalue weighted by atomic mass is 10.4. The fourth-order valence-electron chi connectivity index (χ4n) is 0.670. The zero-order valence-electron chi connectivity index (χ0n) is 5.97. The molecule has 0 unspecified atom stereocenters. The average molecular weight is 155 g/mol. The van der Waals surface area contributed by atoms with E-state index in [1.165, 1.54) is 12.5 Å². The lowest BCUT2D eigenvalue weighted by Crippen LogP contribution is -2.03. The van der Waals surface area contributed by atoms with E-state index in [-0.39, 0.29) is 5.91 Å². The third-order valence-corrected chi connectivity index (χ3v) is 1.99. The molecule has 0 aromatic carbocycles. The van der Waals surface area contributed by atoms with Crippen LogP contribution in [0.1, 0.15) is 12.5 Å². The van der Waals surface area contributed by atoms with Gasteiger partial charge in [0.15, 0.2) is 0 Å². The van der Waals surface area contributed by atoms with Gasteiger partial charge in [-0.2, -0.15) is 0 Å². The molecule has 0 saturated heterocycles. The van der Waals surface area contributed by atoms with E-state index in [9.17, 15) is 4.79 Å². The molecule has 0 aliphatic carbocycles.